The summed E-state index contributed by atoms with van der Waals surface area (Å²) in [6.45, 7) is 7.53. The first kappa shape index (κ1) is 24.8. The summed E-state index contributed by atoms with van der Waals surface area (Å²) in [5.74, 6) is 3.22. The van der Waals surface area contributed by atoms with Gasteiger partial charge in [-0.2, -0.15) is 0 Å². The number of rotatable bonds is 11. The van der Waals surface area contributed by atoms with Crippen molar-refractivity contribution in [1.29, 1.82) is 0 Å². The Kier molecular flexibility index (Phi) is 10.5. The third kappa shape index (κ3) is 7.96. The van der Waals surface area contributed by atoms with Crippen LogP contribution in [0.3, 0.4) is 0 Å². The molecule has 0 saturated heterocycles. The van der Waals surface area contributed by atoms with E-state index in [9.17, 15) is 4.79 Å². The van der Waals surface area contributed by atoms with Gasteiger partial charge in [0.05, 0.1) is 14.2 Å². The standard InChI is InChI=1S/C24H40N4O3/c1-18(2)9-6-7-12-26-24(25-3)27-13-8-10-23(29)28-14-11-19-15-21(30-4)22(31-5)16-20(19)17-28/h15-16,18H,6-14,17H2,1-5H3,(H2,25,26,27). The Balaban J connectivity index is 1.71. The number of methoxy groups -OCH3 is 2. The van der Waals surface area contributed by atoms with E-state index in [1.807, 2.05) is 17.0 Å². The number of hydrogen-bond acceptors (Lipinski definition) is 4. The first-order chi connectivity index (χ1) is 15.0. The van der Waals surface area contributed by atoms with Crippen LogP contribution in [-0.4, -0.2) is 57.7 Å². The number of nitrogens with one attached hydrogen (secondary N) is 2. The number of ether oxygens (including phenoxy) is 2. The molecule has 2 N–H and O–H groups in total. The zero-order valence-corrected chi connectivity index (χ0v) is 19.9. The lowest BCUT2D eigenvalue weighted by atomic mass is 9.98. The fourth-order valence-electron chi connectivity index (χ4n) is 3.81. The van der Waals surface area contributed by atoms with Gasteiger partial charge < -0.3 is 25.0 Å². The molecule has 7 nitrogen and oxygen atoms in total. The molecular formula is C24H40N4O3. The second kappa shape index (κ2) is 13.1. The predicted octanol–water partition coefficient (Wildman–Crippen LogP) is 3.36. The molecule has 0 unspecified atom stereocenters. The molecular weight excluding hydrogens is 392 g/mol. The zero-order chi connectivity index (χ0) is 22.6. The number of nitrogens with zero attached hydrogens (tertiary/aromatic N) is 2. The lowest BCUT2D eigenvalue weighted by Crippen LogP contribution is -2.39. The van der Waals surface area contributed by atoms with Gasteiger partial charge in [-0.25, -0.2) is 0 Å². The number of unbranched alkanes of at least 4 members (excludes halogenated alkanes) is 1. The van der Waals surface area contributed by atoms with Crippen molar-refractivity contribution in [1.82, 2.24) is 15.5 Å². The first-order valence-electron chi connectivity index (χ1n) is 11.4. The second-order valence-electron chi connectivity index (χ2n) is 8.46. The molecule has 7 heteroatoms. The molecule has 0 aromatic heterocycles. The SMILES string of the molecule is CN=C(NCCCCC(C)C)NCCCC(=O)N1CCc2cc(OC)c(OC)cc2C1. The van der Waals surface area contributed by atoms with Gasteiger partial charge >= 0.3 is 0 Å². The monoisotopic (exact) mass is 432 g/mol. The van der Waals surface area contributed by atoms with Crippen molar-refractivity contribution in [2.24, 2.45) is 10.9 Å². The van der Waals surface area contributed by atoms with Crippen molar-refractivity contribution in [3.05, 3.63) is 23.3 Å². The summed E-state index contributed by atoms with van der Waals surface area (Å²) in [4.78, 5) is 18.9. The Morgan fingerprint density at radius 2 is 1.71 bits per heavy atom. The Labute approximate surface area is 187 Å². The minimum absolute atomic E-state index is 0.193. The van der Waals surface area contributed by atoms with E-state index in [0.29, 0.717) is 18.7 Å². The Hall–Kier alpha value is -2.44. The molecule has 31 heavy (non-hydrogen) atoms. The molecule has 1 amide bonds. The maximum absolute atomic E-state index is 12.7. The summed E-state index contributed by atoms with van der Waals surface area (Å²) in [7, 11) is 5.06. The molecule has 0 aliphatic carbocycles. The van der Waals surface area contributed by atoms with Crippen LogP contribution in [0.4, 0.5) is 0 Å². The van der Waals surface area contributed by atoms with Gasteiger partial charge in [-0.1, -0.05) is 26.7 Å². The number of guanidine groups is 1. The molecule has 174 valence electrons. The number of carbonyl (C=O) groups is 1. The van der Waals surface area contributed by atoms with E-state index in [2.05, 4.69) is 29.5 Å². The molecule has 0 spiro atoms. The lowest BCUT2D eigenvalue weighted by Gasteiger charge is -2.29. The normalized spacial score (nSPS) is 13.7. The van der Waals surface area contributed by atoms with Crippen molar-refractivity contribution in [3.63, 3.8) is 0 Å². The Morgan fingerprint density at radius 1 is 1.06 bits per heavy atom. The molecule has 2 rings (SSSR count). The van der Waals surface area contributed by atoms with Gasteiger partial charge in [-0.15, -0.1) is 0 Å². The fraction of sp³-hybridized carbons (Fsp3) is 0.667. The molecule has 1 heterocycles. The fourth-order valence-corrected chi connectivity index (χ4v) is 3.81. The Bertz CT molecular complexity index is 734. The largest absolute Gasteiger partial charge is 0.493 e. The van der Waals surface area contributed by atoms with Crippen LogP contribution in [0.5, 0.6) is 11.5 Å². The molecule has 1 aliphatic heterocycles. The maximum atomic E-state index is 12.7. The molecule has 0 saturated carbocycles. The van der Waals surface area contributed by atoms with E-state index in [0.717, 1.165) is 62.1 Å². The smallest absolute Gasteiger partial charge is 0.222 e. The Morgan fingerprint density at radius 3 is 2.32 bits per heavy atom. The average Bonchev–Trinajstić information content (AvgIpc) is 2.78. The van der Waals surface area contributed by atoms with Crippen LogP contribution in [0.25, 0.3) is 0 Å². The highest BCUT2D eigenvalue weighted by Crippen LogP contribution is 2.33. The number of hydrogen-bond donors (Lipinski definition) is 2. The van der Waals surface area contributed by atoms with Gasteiger partial charge in [0.1, 0.15) is 0 Å². The van der Waals surface area contributed by atoms with Crippen LogP contribution in [-0.2, 0) is 17.8 Å². The van der Waals surface area contributed by atoms with E-state index in [-0.39, 0.29) is 5.91 Å². The van der Waals surface area contributed by atoms with Crippen molar-refractivity contribution in [3.8, 4) is 11.5 Å². The van der Waals surface area contributed by atoms with Crippen LogP contribution >= 0.6 is 0 Å². The number of fused-ring (bicyclic) bond motifs is 1. The van der Waals surface area contributed by atoms with Crippen molar-refractivity contribution in [2.75, 3.05) is 40.9 Å². The molecule has 0 fully saturated rings. The highest BCUT2D eigenvalue weighted by atomic mass is 16.5. The summed E-state index contributed by atoms with van der Waals surface area (Å²) in [5, 5.41) is 6.66. The second-order valence-corrected chi connectivity index (χ2v) is 8.46. The van der Waals surface area contributed by atoms with Gasteiger partial charge in [-0.05, 0) is 48.4 Å². The van der Waals surface area contributed by atoms with Gasteiger partial charge in [0.25, 0.3) is 0 Å². The van der Waals surface area contributed by atoms with E-state index < -0.39 is 0 Å². The topological polar surface area (TPSA) is 75.2 Å². The van der Waals surface area contributed by atoms with Gasteiger partial charge in [0.15, 0.2) is 17.5 Å². The maximum Gasteiger partial charge on any atom is 0.222 e. The zero-order valence-electron chi connectivity index (χ0n) is 19.9. The highest BCUT2D eigenvalue weighted by Gasteiger charge is 2.22. The van der Waals surface area contributed by atoms with Crippen LogP contribution in [0.2, 0.25) is 0 Å². The third-order valence-electron chi connectivity index (χ3n) is 5.65. The highest BCUT2D eigenvalue weighted by molar-refractivity contribution is 5.80. The van der Waals surface area contributed by atoms with Crippen molar-refractivity contribution in [2.45, 2.75) is 58.9 Å². The van der Waals surface area contributed by atoms with E-state index in [4.69, 9.17) is 9.47 Å². The quantitative estimate of drug-likeness (QED) is 0.319. The number of benzene rings is 1. The average molecular weight is 433 g/mol. The summed E-state index contributed by atoms with van der Waals surface area (Å²) >= 11 is 0. The van der Waals surface area contributed by atoms with Crippen LogP contribution < -0.4 is 20.1 Å². The predicted molar refractivity (Wildman–Crippen MR) is 126 cm³/mol. The number of aliphatic imine (C=N–C) groups is 1. The lowest BCUT2D eigenvalue weighted by molar-refractivity contribution is -0.132. The summed E-state index contributed by atoms with van der Waals surface area (Å²) in [5.41, 5.74) is 2.36. The summed E-state index contributed by atoms with van der Waals surface area (Å²) < 4.78 is 10.8. The van der Waals surface area contributed by atoms with Crippen molar-refractivity contribution >= 4 is 11.9 Å². The van der Waals surface area contributed by atoms with Crippen LogP contribution in [0.15, 0.2) is 17.1 Å². The van der Waals surface area contributed by atoms with Crippen molar-refractivity contribution < 1.29 is 14.3 Å². The van der Waals surface area contributed by atoms with Crippen LogP contribution in [0.1, 0.15) is 57.1 Å². The van der Waals surface area contributed by atoms with Gasteiger partial charge in [-0.3, -0.25) is 9.79 Å². The van der Waals surface area contributed by atoms with E-state index >= 15 is 0 Å². The molecule has 0 radical (unpaired) electrons. The third-order valence-corrected chi connectivity index (χ3v) is 5.65. The minimum atomic E-state index is 0.193. The van der Waals surface area contributed by atoms with Gasteiger partial charge in [0, 0.05) is 39.6 Å². The molecule has 1 aromatic carbocycles. The van der Waals surface area contributed by atoms with E-state index in [1.165, 1.54) is 18.4 Å². The van der Waals surface area contributed by atoms with Gasteiger partial charge in [0.2, 0.25) is 5.91 Å². The van der Waals surface area contributed by atoms with Crippen LogP contribution in [0, 0.1) is 5.92 Å². The van der Waals surface area contributed by atoms with E-state index in [1.54, 1.807) is 21.3 Å². The molecule has 1 aliphatic rings. The number of carbonyl (C=O) groups excluding carboxylic acids is 1. The minimum Gasteiger partial charge on any atom is -0.493 e. The molecule has 0 atom stereocenters. The molecule has 1 aromatic rings. The molecule has 0 bridgehead atoms. The summed E-state index contributed by atoms with van der Waals surface area (Å²) in [6.07, 6.45) is 5.78. The summed E-state index contributed by atoms with van der Waals surface area (Å²) in [6, 6.07) is 4.02. The first-order valence-corrected chi connectivity index (χ1v) is 11.4. The number of amides is 1.